The van der Waals surface area contributed by atoms with Crippen LogP contribution in [0, 0.1) is 0 Å². The zero-order valence-electron chi connectivity index (χ0n) is 9.97. The van der Waals surface area contributed by atoms with Crippen molar-refractivity contribution < 1.29 is 8.42 Å². The van der Waals surface area contributed by atoms with Gasteiger partial charge in [-0.2, -0.15) is 8.42 Å². The molecule has 0 fully saturated rings. The molecule has 2 aromatic rings. The number of nitrogens with one attached hydrogen (secondary N) is 1. The largest absolute Gasteiger partial charge is 0.336 e. The van der Waals surface area contributed by atoms with Gasteiger partial charge in [-0.05, 0) is 41.1 Å². The van der Waals surface area contributed by atoms with Crippen molar-refractivity contribution in [2.75, 3.05) is 4.72 Å². The van der Waals surface area contributed by atoms with Gasteiger partial charge in [0.1, 0.15) is 0 Å². The van der Waals surface area contributed by atoms with Crippen molar-refractivity contribution in [3.63, 3.8) is 0 Å². The van der Waals surface area contributed by atoms with Crippen molar-refractivity contribution in [3.8, 4) is 0 Å². The summed E-state index contributed by atoms with van der Waals surface area (Å²) in [5.74, 6) is 0. The molecule has 0 spiro atoms. The van der Waals surface area contributed by atoms with Gasteiger partial charge in [-0.25, -0.2) is 4.98 Å². The Hall–Kier alpha value is -1.05. The maximum absolute atomic E-state index is 12.1. The van der Waals surface area contributed by atoms with Gasteiger partial charge in [0.15, 0.2) is 5.03 Å². The topological polar surface area (TPSA) is 64.0 Å². The van der Waals surface area contributed by atoms with Gasteiger partial charge in [0.2, 0.25) is 0 Å². The molecular formula is C11H11BrClN3O2S. The van der Waals surface area contributed by atoms with Crippen LogP contribution in [0.25, 0.3) is 0 Å². The molecule has 0 radical (unpaired) electrons. The SMILES string of the molecule is CCn1cnc(S(=O)(=O)Nc2ccc(Br)c(Cl)c2)c1. The summed E-state index contributed by atoms with van der Waals surface area (Å²) in [7, 11) is -3.69. The minimum Gasteiger partial charge on any atom is -0.336 e. The van der Waals surface area contributed by atoms with Gasteiger partial charge in [-0.15, -0.1) is 0 Å². The number of hydrogen-bond acceptors (Lipinski definition) is 3. The van der Waals surface area contributed by atoms with E-state index in [1.807, 2.05) is 6.92 Å². The smallest absolute Gasteiger partial charge is 0.280 e. The molecule has 0 amide bonds. The fourth-order valence-corrected chi connectivity index (χ4v) is 2.85. The van der Waals surface area contributed by atoms with Crippen LogP contribution in [-0.2, 0) is 16.6 Å². The second kappa shape index (κ2) is 5.52. The van der Waals surface area contributed by atoms with E-state index in [2.05, 4.69) is 25.6 Å². The van der Waals surface area contributed by atoms with Crippen LogP contribution < -0.4 is 4.72 Å². The predicted octanol–water partition coefficient (Wildman–Crippen LogP) is 3.12. The molecule has 8 heteroatoms. The number of sulfonamides is 1. The second-order valence-corrected chi connectivity index (χ2v) is 6.67. The third-order valence-corrected chi connectivity index (χ3v) is 4.92. The molecule has 1 aromatic carbocycles. The Balaban J connectivity index is 2.28. The molecule has 0 aliphatic rings. The van der Waals surface area contributed by atoms with Crippen LogP contribution in [0.3, 0.4) is 0 Å². The average Bonchev–Trinajstić information content (AvgIpc) is 2.83. The van der Waals surface area contributed by atoms with Crippen molar-refractivity contribution >= 4 is 43.2 Å². The Morgan fingerprint density at radius 2 is 2.21 bits per heavy atom. The van der Waals surface area contributed by atoms with Crippen molar-refractivity contribution in [1.82, 2.24) is 9.55 Å². The number of halogens is 2. The molecule has 102 valence electrons. The quantitative estimate of drug-likeness (QED) is 0.906. The van der Waals surface area contributed by atoms with E-state index in [4.69, 9.17) is 11.6 Å². The fourth-order valence-electron chi connectivity index (χ4n) is 1.42. The van der Waals surface area contributed by atoms with E-state index in [0.29, 0.717) is 21.7 Å². The highest BCUT2D eigenvalue weighted by atomic mass is 79.9. The molecule has 0 bridgehead atoms. The van der Waals surface area contributed by atoms with E-state index in [1.54, 1.807) is 16.7 Å². The summed E-state index contributed by atoms with van der Waals surface area (Å²) < 4.78 is 29.0. The first-order valence-corrected chi connectivity index (χ1v) is 8.07. The third kappa shape index (κ3) is 3.29. The van der Waals surface area contributed by atoms with Crippen LogP contribution in [0.2, 0.25) is 5.02 Å². The Labute approximate surface area is 124 Å². The Morgan fingerprint density at radius 3 is 2.79 bits per heavy atom. The number of aromatic nitrogens is 2. The number of imidazole rings is 1. The van der Waals surface area contributed by atoms with E-state index >= 15 is 0 Å². The number of aryl methyl sites for hydroxylation is 1. The van der Waals surface area contributed by atoms with Crippen LogP contribution in [0.1, 0.15) is 6.92 Å². The first-order chi connectivity index (χ1) is 8.92. The summed E-state index contributed by atoms with van der Waals surface area (Å²) in [6.45, 7) is 2.56. The zero-order chi connectivity index (χ0) is 14.0. The number of benzene rings is 1. The Morgan fingerprint density at radius 1 is 1.47 bits per heavy atom. The number of rotatable bonds is 4. The maximum atomic E-state index is 12.1. The van der Waals surface area contributed by atoms with E-state index < -0.39 is 10.0 Å². The molecule has 0 aliphatic heterocycles. The standard InChI is InChI=1S/C11H11BrClN3O2S/c1-2-16-6-11(14-7-16)19(17,18)15-8-3-4-9(12)10(13)5-8/h3-7,15H,2H2,1H3. The number of nitrogens with zero attached hydrogens (tertiary/aromatic N) is 2. The van der Waals surface area contributed by atoms with E-state index in [-0.39, 0.29) is 5.03 Å². The molecule has 0 saturated heterocycles. The van der Waals surface area contributed by atoms with Crippen LogP contribution in [0.15, 0.2) is 40.2 Å². The van der Waals surface area contributed by atoms with Crippen LogP contribution in [-0.4, -0.2) is 18.0 Å². The third-order valence-electron chi connectivity index (χ3n) is 2.42. The van der Waals surface area contributed by atoms with Gasteiger partial charge in [-0.3, -0.25) is 4.72 Å². The highest BCUT2D eigenvalue weighted by Gasteiger charge is 2.17. The molecule has 5 nitrogen and oxygen atoms in total. The van der Waals surface area contributed by atoms with Crippen LogP contribution in [0.5, 0.6) is 0 Å². The molecule has 0 unspecified atom stereocenters. The summed E-state index contributed by atoms with van der Waals surface area (Å²) in [6.07, 6.45) is 2.95. The summed E-state index contributed by atoms with van der Waals surface area (Å²) in [4.78, 5) is 3.87. The van der Waals surface area contributed by atoms with Crippen LogP contribution in [0.4, 0.5) is 5.69 Å². The Bertz CT molecular complexity index is 700. The monoisotopic (exact) mass is 363 g/mol. The van der Waals surface area contributed by atoms with Gasteiger partial charge in [0.25, 0.3) is 10.0 Å². The van der Waals surface area contributed by atoms with E-state index in [1.165, 1.54) is 18.6 Å². The van der Waals surface area contributed by atoms with Gasteiger partial charge in [0, 0.05) is 17.2 Å². The molecule has 0 saturated carbocycles. The van der Waals surface area contributed by atoms with E-state index in [9.17, 15) is 8.42 Å². The van der Waals surface area contributed by atoms with E-state index in [0.717, 1.165) is 0 Å². The lowest BCUT2D eigenvalue weighted by atomic mass is 10.3. The second-order valence-electron chi connectivity index (χ2n) is 3.78. The maximum Gasteiger partial charge on any atom is 0.280 e. The lowest BCUT2D eigenvalue weighted by Crippen LogP contribution is -2.13. The van der Waals surface area contributed by atoms with Gasteiger partial charge in [0.05, 0.1) is 17.0 Å². The molecule has 1 N–H and O–H groups in total. The summed E-state index contributed by atoms with van der Waals surface area (Å²) in [6, 6.07) is 4.81. The zero-order valence-corrected chi connectivity index (χ0v) is 13.1. The molecule has 0 atom stereocenters. The minimum absolute atomic E-state index is 0.0200. The molecular weight excluding hydrogens is 354 g/mol. The molecule has 19 heavy (non-hydrogen) atoms. The van der Waals surface area contributed by atoms with Crippen molar-refractivity contribution in [1.29, 1.82) is 0 Å². The summed E-state index contributed by atoms with van der Waals surface area (Å²) in [5.41, 5.74) is 0.388. The normalized spacial score (nSPS) is 11.5. The number of anilines is 1. The highest BCUT2D eigenvalue weighted by Crippen LogP contribution is 2.26. The first-order valence-electron chi connectivity index (χ1n) is 5.42. The summed E-state index contributed by atoms with van der Waals surface area (Å²) >= 11 is 9.16. The van der Waals surface area contributed by atoms with Gasteiger partial charge in [-0.1, -0.05) is 11.6 Å². The lowest BCUT2D eigenvalue weighted by molar-refractivity contribution is 0.598. The highest BCUT2D eigenvalue weighted by molar-refractivity contribution is 9.10. The molecule has 1 aromatic heterocycles. The predicted molar refractivity (Wildman–Crippen MR) is 77.9 cm³/mol. The van der Waals surface area contributed by atoms with Gasteiger partial charge >= 0.3 is 0 Å². The molecule has 2 rings (SSSR count). The van der Waals surface area contributed by atoms with Crippen LogP contribution >= 0.6 is 27.5 Å². The average molecular weight is 365 g/mol. The van der Waals surface area contributed by atoms with Crippen molar-refractivity contribution in [3.05, 3.63) is 40.2 Å². The number of hydrogen-bond donors (Lipinski definition) is 1. The lowest BCUT2D eigenvalue weighted by Gasteiger charge is -2.06. The van der Waals surface area contributed by atoms with Crippen molar-refractivity contribution in [2.45, 2.75) is 18.5 Å². The molecule has 0 aliphatic carbocycles. The van der Waals surface area contributed by atoms with Crippen molar-refractivity contribution in [2.24, 2.45) is 0 Å². The fraction of sp³-hybridized carbons (Fsp3) is 0.182. The minimum atomic E-state index is -3.69. The Kier molecular flexibility index (Phi) is 4.17. The first kappa shape index (κ1) is 14.4. The van der Waals surface area contributed by atoms with Gasteiger partial charge < -0.3 is 4.57 Å². The molecule has 1 heterocycles. The summed E-state index contributed by atoms with van der Waals surface area (Å²) in [5, 5.41) is 0.410.